The van der Waals surface area contributed by atoms with Crippen LogP contribution in [0.15, 0.2) is 11.6 Å². The van der Waals surface area contributed by atoms with Crippen molar-refractivity contribution >= 4 is 6.09 Å². The van der Waals surface area contributed by atoms with Gasteiger partial charge in [-0.1, -0.05) is 6.08 Å². The summed E-state index contributed by atoms with van der Waals surface area (Å²) in [4.78, 5) is 11.5. The van der Waals surface area contributed by atoms with Crippen molar-refractivity contribution in [3.8, 4) is 0 Å². The van der Waals surface area contributed by atoms with E-state index in [1.807, 2.05) is 27.7 Å². The third-order valence-corrected chi connectivity index (χ3v) is 2.35. The molecule has 1 unspecified atom stereocenters. The van der Waals surface area contributed by atoms with Crippen molar-refractivity contribution in [2.24, 2.45) is 0 Å². The summed E-state index contributed by atoms with van der Waals surface area (Å²) >= 11 is 0. The van der Waals surface area contributed by atoms with Gasteiger partial charge in [0.2, 0.25) is 0 Å². The van der Waals surface area contributed by atoms with Crippen molar-refractivity contribution in [3.05, 3.63) is 11.6 Å². The summed E-state index contributed by atoms with van der Waals surface area (Å²) in [5, 5.41) is 6.11. The average Bonchev–Trinajstić information content (AvgIpc) is 2.16. The van der Waals surface area contributed by atoms with Gasteiger partial charge in [0, 0.05) is 6.54 Å². The molecule has 4 nitrogen and oxygen atoms in total. The van der Waals surface area contributed by atoms with E-state index in [-0.39, 0.29) is 12.1 Å². The number of nitrogens with one attached hydrogen (secondary N) is 2. The molecule has 1 aliphatic rings. The highest BCUT2D eigenvalue weighted by Crippen LogP contribution is 2.09. The van der Waals surface area contributed by atoms with Crippen LogP contribution in [-0.2, 0) is 4.74 Å². The SMILES string of the molecule is CC(NC(=O)OC(C)(C)C)C1=CCCNC1. The molecule has 1 amide bonds. The second kappa shape index (κ2) is 5.34. The molecule has 0 bridgehead atoms. The molecule has 1 atom stereocenters. The lowest BCUT2D eigenvalue weighted by Crippen LogP contribution is -2.41. The smallest absolute Gasteiger partial charge is 0.408 e. The van der Waals surface area contributed by atoms with Gasteiger partial charge in [0.15, 0.2) is 0 Å². The Hall–Kier alpha value is -1.03. The monoisotopic (exact) mass is 226 g/mol. The Morgan fingerprint density at radius 3 is 2.75 bits per heavy atom. The van der Waals surface area contributed by atoms with Gasteiger partial charge in [0.05, 0.1) is 6.04 Å². The van der Waals surface area contributed by atoms with Crippen LogP contribution in [-0.4, -0.2) is 30.8 Å². The van der Waals surface area contributed by atoms with Crippen LogP contribution >= 0.6 is 0 Å². The van der Waals surface area contributed by atoms with Gasteiger partial charge in [-0.25, -0.2) is 4.79 Å². The molecule has 92 valence electrons. The number of hydrogen-bond acceptors (Lipinski definition) is 3. The van der Waals surface area contributed by atoms with E-state index in [9.17, 15) is 4.79 Å². The van der Waals surface area contributed by atoms with Crippen LogP contribution in [0.2, 0.25) is 0 Å². The van der Waals surface area contributed by atoms with Crippen LogP contribution in [0.1, 0.15) is 34.1 Å². The molecule has 0 saturated heterocycles. The topological polar surface area (TPSA) is 50.4 Å². The first kappa shape index (κ1) is 13.0. The largest absolute Gasteiger partial charge is 0.444 e. The van der Waals surface area contributed by atoms with E-state index in [1.54, 1.807) is 0 Å². The molecule has 1 aliphatic heterocycles. The molecule has 0 aromatic heterocycles. The van der Waals surface area contributed by atoms with Crippen LogP contribution in [0.25, 0.3) is 0 Å². The first-order valence-corrected chi connectivity index (χ1v) is 5.77. The van der Waals surface area contributed by atoms with Crippen molar-refractivity contribution in [1.82, 2.24) is 10.6 Å². The van der Waals surface area contributed by atoms with E-state index in [4.69, 9.17) is 4.74 Å². The lowest BCUT2D eigenvalue weighted by Gasteiger charge is -2.24. The molecule has 0 spiro atoms. The molecule has 0 aromatic rings. The van der Waals surface area contributed by atoms with Crippen LogP contribution in [0, 0.1) is 0 Å². The second-order valence-corrected chi connectivity index (χ2v) is 5.11. The van der Waals surface area contributed by atoms with Crippen molar-refractivity contribution in [2.75, 3.05) is 13.1 Å². The van der Waals surface area contributed by atoms with Crippen molar-refractivity contribution in [3.63, 3.8) is 0 Å². The summed E-state index contributed by atoms with van der Waals surface area (Å²) in [6.07, 6.45) is 2.85. The number of alkyl carbamates (subject to hydrolysis) is 1. The predicted molar refractivity (Wildman–Crippen MR) is 64.4 cm³/mol. The third-order valence-electron chi connectivity index (χ3n) is 2.35. The highest BCUT2D eigenvalue weighted by molar-refractivity contribution is 5.68. The molecule has 4 heteroatoms. The van der Waals surface area contributed by atoms with Crippen molar-refractivity contribution in [1.29, 1.82) is 0 Å². The molecule has 16 heavy (non-hydrogen) atoms. The zero-order valence-corrected chi connectivity index (χ0v) is 10.6. The summed E-state index contributed by atoms with van der Waals surface area (Å²) in [6.45, 7) is 9.42. The first-order chi connectivity index (χ1) is 7.38. The van der Waals surface area contributed by atoms with Gasteiger partial charge >= 0.3 is 6.09 Å². The van der Waals surface area contributed by atoms with Gasteiger partial charge in [-0.15, -0.1) is 0 Å². The molecule has 0 saturated carbocycles. The van der Waals surface area contributed by atoms with E-state index in [0.29, 0.717) is 0 Å². The molecule has 0 radical (unpaired) electrons. The quantitative estimate of drug-likeness (QED) is 0.706. The minimum Gasteiger partial charge on any atom is -0.444 e. The van der Waals surface area contributed by atoms with Crippen molar-refractivity contribution < 1.29 is 9.53 Å². The maximum Gasteiger partial charge on any atom is 0.408 e. The van der Waals surface area contributed by atoms with Crippen LogP contribution in [0.4, 0.5) is 4.79 Å². The molecular weight excluding hydrogens is 204 g/mol. The molecule has 1 heterocycles. The number of carbonyl (C=O) groups excluding carboxylic acids is 1. The van der Waals surface area contributed by atoms with Crippen LogP contribution in [0.3, 0.4) is 0 Å². The molecule has 1 rings (SSSR count). The van der Waals surface area contributed by atoms with Gasteiger partial charge in [-0.05, 0) is 46.2 Å². The summed E-state index contributed by atoms with van der Waals surface area (Å²) < 4.78 is 5.20. The minimum absolute atomic E-state index is 0.0302. The fourth-order valence-corrected chi connectivity index (χ4v) is 1.57. The predicted octanol–water partition coefficient (Wildman–Crippen LogP) is 1.82. The third kappa shape index (κ3) is 4.66. The minimum atomic E-state index is -0.441. The van der Waals surface area contributed by atoms with E-state index in [2.05, 4.69) is 16.7 Å². The zero-order valence-electron chi connectivity index (χ0n) is 10.6. The summed E-state index contributed by atoms with van der Waals surface area (Å²) in [5.41, 5.74) is 0.778. The zero-order chi connectivity index (χ0) is 12.2. The number of amides is 1. The van der Waals surface area contributed by atoms with E-state index in [1.165, 1.54) is 5.57 Å². The fraction of sp³-hybridized carbons (Fsp3) is 0.750. The number of ether oxygens (including phenoxy) is 1. The van der Waals surface area contributed by atoms with Gasteiger partial charge in [-0.2, -0.15) is 0 Å². The highest BCUT2D eigenvalue weighted by atomic mass is 16.6. The molecule has 0 fully saturated rings. The Bertz CT molecular complexity index is 279. The summed E-state index contributed by atoms with van der Waals surface area (Å²) in [7, 11) is 0. The normalized spacial score (nSPS) is 18.6. The van der Waals surface area contributed by atoms with E-state index >= 15 is 0 Å². The van der Waals surface area contributed by atoms with Gasteiger partial charge in [-0.3, -0.25) is 0 Å². The van der Waals surface area contributed by atoms with E-state index in [0.717, 1.165) is 19.5 Å². The maximum atomic E-state index is 11.5. The Morgan fingerprint density at radius 1 is 1.56 bits per heavy atom. The molecule has 0 aliphatic carbocycles. The maximum absolute atomic E-state index is 11.5. The Morgan fingerprint density at radius 2 is 2.25 bits per heavy atom. The number of carbonyl (C=O) groups is 1. The van der Waals surface area contributed by atoms with Gasteiger partial charge in [0.1, 0.15) is 5.60 Å². The standard InChI is InChI=1S/C12H22N2O2/c1-9(10-6-5-7-13-8-10)14-11(15)16-12(2,3)4/h6,9,13H,5,7-8H2,1-4H3,(H,14,15). The number of hydrogen-bond donors (Lipinski definition) is 2. The Balaban J connectivity index is 2.41. The van der Waals surface area contributed by atoms with Gasteiger partial charge in [0.25, 0.3) is 0 Å². The Kier molecular flexibility index (Phi) is 4.35. The highest BCUT2D eigenvalue weighted by Gasteiger charge is 2.19. The van der Waals surface area contributed by atoms with Crippen LogP contribution in [0.5, 0.6) is 0 Å². The lowest BCUT2D eigenvalue weighted by atomic mass is 10.1. The average molecular weight is 226 g/mol. The van der Waals surface area contributed by atoms with Crippen molar-refractivity contribution in [2.45, 2.75) is 45.8 Å². The molecular formula is C12H22N2O2. The second-order valence-electron chi connectivity index (χ2n) is 5.11. The first-order valence-electron chi connectivity index (χ1n) is 5.77. The van der Waals surface area contributed by atoms with E-state index < -0.39 is 5.60 Å². The Labute approximate surface area is 97.4 Å². The fourth-order valence-electron chi connectivity index (χ4n) is 1.57. The van der Waals surface area contributed by atoms with Crippen LogP contribution < -0.4 is 10.6 Å². The molecule has 0 aromatic carbocycles. The summed E-state index contributed by atoms with van der Waals surface area (Å²) in [5.74, 6) is 0. The number of rotatable bonds is 2. The lowest BCUT2D eigenvalue weighted by molar-refractivity contribution is 0.0515. The summed E-state index contributed by atoms with van der Waals surface area (Å²) in [6, 6.07) is 0.0302. The molecule has 2 N–H and O–H groups in total. The van der Waals surface area contributed by atoms with Gasteiger partial charge < -0.3 is 15.4 Å².